The Kier molecular flexibility index (Phi) is 7.89. The molecule has 25 heavy (non-hydrogen) atoms. The van der Waals surface area contributed by atoms with Gasteiger partial charge in [0.15, 0.2) is 23.9 Å². The fraction of sp³-hybridized carbons (Fsp3) is 0.412. The Morgan fingerprint density at radius 2 is 2.08 bits per heavy atom. The van der Waals surface area contributed by atoms with Crippen LogP contribution in [-0.4, -0.2) is 37.8 Å². The van der Waals surface area contributed by atoms with E-state index in [1.54, 1.807) is 6.07 Å². The molecule has 0 heterocycles. The van der Waals surface area contributed by atoms with Crippen LogP contribution in [-0.2, 0) is 9.53 Å². The van der Waals surface area contributed by atoms with E-state index in [-0.39, 0.29) is 22.0 Å². The lowest BCUT2D eigenvalue weighted by atomic mass is 10.0. The van der Waals surface area contributed by atoms with Gasteiger partial charge in [-0.3, -0.25) is 4.79 Å². The summed E-state index contributed by atoms with van der Waals surface area (Å²) in [6.45, 7) is 3.11. The van der Waals surface area contributed by atoms with Gasteiger partial charge in [0.2, 0.25) is 0 Å². The van der Waals surface area contributed by atoms with Crippen molar-refractivity contribution >= 4 is 29.1 Å². The number of benzene rings is 1. The first-order valence-electron chi connectivity index (χ1n) is 7.50. The number of halogens is 1. The van der Waals surface area contributed by atoms with E-state index in [0.717, 1.165) is 6.42 Å². The van der Waals surface area contributed by atoms with E-state index in [2.05, 4.69) is 0 Å². The number of nitriles is 1. The molecule has 1 N–H and O–H groups in total. The topological polar surface area (TPSA) is 109 Å². The van der Waals surface area contributed by atoms with Gasteiger partial charge in [-0.2, -0.15) is 5.26 Å². The van der Waals surface area contributed by atoms with Crippen molar-refractivity contribution in [3.05, 3.63) is 22.7 Å². The molecule has 0 saturated carbocycles. The number of carbonyl (C=O) groups excluding carboxylic acids is 2. The Bertz CT molecular complexity index is 712. The molecule has 1 rings (SSSR count). The number of hydrogen-bond donors (Lipinski definition) is 1. The average molecular weight is 367 g/mol. The Balaban J connectivity index is 2.89. The van der Waals surface area contributed by atoms with Crippen LogP contribution in [0.5, 0.6) is 11.5 Å². The summed E-state index contributed by atoms with van der Waals surface area (Å²) in [5, 5.41) is 16.4. The van der Waals surface area contributed by atoms with Gasteiger partial charge in [-0.1, -0.05) is 18.5 Å². The molecule has 1 aromatic carbocycles. The van der Waals surface area contributed by atoms with E-state index in [9.17, 15) is 9.59 Å². The van der Waals surface area contributed by atoms with E-state index < -0.39 is 24.3 Å². The standard InChI is InChI=1S/C17H19ClN2O5/c1-4-5-24-16-13(18)6-11(7-15(16)23-3)17(22)25-9-14(21)12(8-19)10(2)20/h6-7,12,20H,4-5,9H2,1-3H3/t12-/m0/s1. The van der Waals surface area contributed by atoms with E-state index in [1.165, 1.54) is 26.2 Å². The monoisotopic (exact) mass is 366 g/mol. The molecule has 0 saturated heterocycles. The molecule has 7 nitrogen and oxygen atoms in total. The summed E-state index contributed by atoms with van der Waals surface area (Å²) in [5.74, 6) is -2.10. The van der Waals surface area contributed by atoms with Crippen LogP contribution in [0.3, 0.4) is 0 Å². The number of nitrogens with zero attached hydrogens (tertiary/aromatic N) is 1. The van der Waals surface area contributed by atoms with E-state index in [4.69, 9.17) is 36.5 Å². The molecular formula is C17H19ClN2O5. The van der Waals surface area contributed by atoms with Gasteiger partial charge < -0.3 is 19.6 Å². The van der Waals surface area contributed by atoms with Crippen LogP contribution < -0.4 is 9.47 Å². The SMILES string of the molecule is CCCOc1c(Cl)cc(C(=O)OCC(=O)[C@@H](C#N)C(C)=N)cc1OC. The van der Waals surface area contributed by atoms with E-state index >= 15 is 0 Å². The number of esters is 1. The maximum atomic E-state index is 12.1. The minimum absolute atomic E-state index is 0.0820. The van der Waals surface area contributed by atoms with Gasteiger partial charge in [-0.15, -0.1) is 0 Å². The zero-order valence-corrected chi connectivity index (χ0v) is 15.0. The summed E-state index contributed by atoms with van der Waals surface area (Å²) in [6.07, 6.45) is 0.776. The van der Waals surface area contributed by atoms with Gasteiger partial charge in [0.25, 0.3) is 0 Å². The van der Waals surface area contributed by atoms with Gasteiger partial charge in [0.1, 0.15) is 5.92 Å². The summed E-state index contributed by atoms with van der Waals surface area (Å²) >= 11 is 6.12. The third-order valence-corrected chi connectivity index (χ3v) is 3.43. The van der Waals surface area contributed by atoms with Crippen molar-refractivity contribution in [2.75, 3.05) is 20.3 Å². The number of ketones is 1. The van der Waals surface area contributed by atoms with Gasteiger partial charge >= 0.3 is 5.97 Å². The smallest absolute Gasteiger partial charge is 0.338 e. The Morgan fingerprint density at radius 1 is 1.40 bits per heavy atom. The number of nitrogens with one attached hydrogen (secondary N) is 1. The number of Topliss-reactive ketones (excluding diaryl/α,β-unsaturated/α-hetero) is 1. The number of ether oxygens (including phenoxy) is 3. The summed E-state index contributed by atoms with van der Waals surface area (Å²) in [4.78, 5) is 23.9. The molecule has 0 aliphatic rings. The van der Waals surface area contributed by atoms with Crippen LogP contribution in [0, 0.1) is 22.7 Å². The molecule has 0 radical (unpaired) electrons. The quantitative estimate of drug-likeness (QED) is 0.531. The lowest BCUT2D eigenvalue weighted by Crippen LogP contribution is -2.25. The molecule has 134 valence electrons. The molecule has 0 spiro atoms. The lowest BCUT2D eigenvalue weighted by molar-refractivity contribution is -0.122. The van der Waals surface area contributed by atoms with Gasteiger partial charge in [0.05, 0.1) is 30.4 Å². The first-order chi connectivity index (χ1) is 11.8. The maximum Gasteiger partial charge on any atom is 0.338 e. The van der Waals surface area contributed by atoms with Crippen molar-refractivity contribution < 1.29 is 23.8 Å². The zero-order chi connectivity index (χ0) is 19.0. The minimum atomic E-state index is -1.23. The highest BCUT2D eigenvalue weighted by Gasteiger charge is 2.23. The van der Waals surface area contributed by atoms with Crippen molar-refractivity contribution in [2.45, 2.75) is 20.3 Å². The average Bonchev–Trinajstić information content (AvgIpc) is 2.58. The highest BCUT2D eigenvalue weighted by Crippen LogP contribution is 2.36. The van der Waals surface area contributed by atoms with Crippen molar-refractivity contribution in [2.24, 2.45) is 5.92 Å². The van der Waals surface area contributed by atoms with Crippen LogP contribution in [0.1, 0.15) is 30.6 Å². The zero-order valence-electron chi connectivity index (χ0n) is 14.2. The maximum absolute atomic E-state index is 12.1. The third kappa shape index (κ3) is 5.47. The Labute approximate surface area is 150 Å². The lowest BCUT2D eigenvalue weighted by Gasteiger charge is -2.13. The van der Waals surface area contributed by atoms with Crippen LogP contribution in [0.15, 0.2) is 12.1 Å². The minimum Gasteiger partial charge on any atom is -0.493 e. The predicted octanol–water partition coefficient (Wildman–Crippen LogP) is 3.04. The van der Waals surface area contributed by atoms with E-state index in [0.29, 0.717) is 12.4 Å². The Hall–Kier alpha value is -2.59. The first-order valence-corrected chi connectivity index (χ1v) is 7.88. The number of hydrogen-bond acceptors (Lipinski definition) is 7. The molecule has 0 aliphatic heterocycles. The summed E-state index contributed by atoms with van der Waals surface area (Å²) in [6, 6.07) is 4.44. The molecule has 0 fully saturated rings. The molecule has 1 aromatic rings. The van der Waals surface area contributed by atoms with Crippen molar-refractivity contribution in [1.82, 2.24) is 0 Å². The Morgan fingerprint density at radius 3 is 2.60 bits per heavy atom. The summed E-state index contributed by atoms with van der Waals surface area (Å²) in [5.41, 5.74) is -0.0238. The fourth-order valence-corrected chi connectivity index (χ4v) is 2.16. The number of carbonyl (C=O) groups is 2. The second-order valence-corrected chi connectivity index (χ2v) is 5.53. The highest BCUT2D eigenvalue weighted by atomic mass is 35.5. The number of methoxy groups -OCH3 is 1. The van der Waals surface area contributed by atoms with Gasteiger partial charge in [0, 0.05) is 5.71 Å². The largest absolute Gasteiger partial charge is 0.493 e. The molecule has 0 unspecified atom stereocenters. The molecule has 8 heteroatoms. The normalized spacial score (nSPS) is 11.2. The molecular weight excluding hydrogens is 348 g/mol. The van der Waals surface area contributed by atoms with Crippen molar-refractivity contribution in [3.8, 4) is 17.6 Å². The van der Waals surface area contributed by atoms with Crippen LogP contribution in [0.4, 0.5) is 0 Å². The van der Waals surface area contributed by atoms with Crippen molar-refractivity contribution in [3.63, 3.8) is 0 Å². The summed E-state index contributed by atoms with van der Waals surface area (Å²) in [7, 11) is 1.41. The van der Waals surface area contributed by atoms with E-state index in [1.807, 2.05) is 6.92 Å². The fourth-order valence-electron chi connectivity index (χ4n) is 1.90. The van der Waals surface area contributed by atoms with Crippen LogP contribution >= 0.6 is 11.6 Å². The van der Waals surface area contributed by atoms with Crippen molar-refractivity contribution in [1.29, 1.82) is 10.7 Å². The second-order valence-electron chi connectivity index (χ2n) is 5.13. The predicted molar refractivity (Wildman–Crippen MR) is 91.6 cm³/mol. The van der Waals surface area contributed by atoms with Gasteiger partial charge in [-0.25, -0.2) is 4.79 Å². The molecule has 0 bridgehead atoms. The first kappa shape index (κ1) is 20.5. The second kappa shape index (κ2) is 9.64. The molecule has 0 amide bonds. The summed E-state index contributed by atoms with van der Waals surface area (Å²) < 4.78 is 15.6. The van der Waals surface area contributed by atoms with Crippen LogP contribution in [0.25, 0.3) is 0 Å². The number of rotatable bonds is 9. The molecule has 1 atom stereocenters. The molecule has 0 aromatic heterocycles. The van der Waals surface area contributed by atoms with Crippen LogP contribution in [0.2, 0.25) is 5.02 Å². The third-order valence-electron chi connectivity index (χ3n) is 3.15. The molecule has 0 aliphatic carbocycles. The highest BCUT2D eigenvalue weighted by molar-refractivity contribution is 6.32. The van der Waals surface area contributed by atoms with Gasteiger partial charge in [-0.05, 0) is 25.5 Å².